The van der Waals surface area contributed by atoms with Crippen LogP contribution in [0.25, 0.3) is 16.7 Å². The number of anilines is 1. The lowest BCUT2D eigenvalue weighted by Gasteiger charge is -2.09. The number of aryl methyl sites for hydroxylation is 1. The van der Waals surface area contributed by atoms with Gasteiger partial charge in [0.25, 0.3) is 0 Å². The molecular formula is C23H21N3OS. The van der Waals surface area contributed by atoms with Crippen molar-refractivity contribution in [1.82, 2.24) is 9.55 Å². The van der Waals surface area contributed by atoms with Gasteiger partial charge in [0, 0.05) is 11.4 Å². The molecule has 0 radical (unpaired) electrons. The summed E-state index contributed by atoms with van der Waals surface area (Å²) in [6.45, 7) is 2.10. The van der Waals surface area contributed by atoms with Crippen molar-refractivity contribution in [1.29, 1.82) is 0 Å². The van der Waals surface area contributed by atoms with E-state index in [1.807, 2.05) is 54.6 Å². The van der Waals surface area contributed by atoms with E-state index >= 15 is 0 Å². The third kappa shape index (κ3) is 3.94. The van der Waals surface area contributed by atoms with Crippen molar-refractivity contribution in [3.63, 3.8) is 0 Å². The number of imidazole rings is 1. The van der Waals surface area contributed by atoms with E-state index in [4.69, 9.17) is 4.98 Å². The topological polar surface area (TPSA) is 46.9 Å². The van der Waals surface area contributed by atoms with Crippen molar-refractivity contribution >= 4 is 34.4 Å². The largest absolute Gasteiger partial charge is 0.325 e. The third-order valence-electron chi connectivity index (χ3n) is 4.50. The van der Waals surface area contributed by atoms with E-state index in [1.54, 1.807) is 0 Å². The average molecular weight is 388 g/mol. The minimum Gasteiger partial charge on any atom is -0.325 e. The molecule has 0 aliphatic rings. The summed E-state index contributed by atoms with van der Waals surface area (Å²) in [5, 5.41) is 3.79. The summed E-state index contributed by atoms with van der Waals surface area (Å²) < 4.78 is 2.10. The molecule has 0 aliphatic heterocycles. The van der Waals surface area contributed by atoms with Gasteiger partial charge >= 0.3 is 0 Å². The molecule has 1 amide bonds. The van der Waals surface area contributed by atoms with Crippen LogP contribution in [0.15, 0.2) is 84.0 Å². The highest BCUT2D eigenvalue weighted by molar-refractivity contribution is 7.99. The average Bonchev–Trinajstić information content (AvgIpc) is 3.11. The summed E-state index contributed by atoms with van der Waals surface area (Å²) >= 11 is 1.44. The maximum Gasteiger partial charge on any atom is 0.234 e. The van der Waals surface area contributed by atoms with Gasteiger partial charge < -0.3 is 5.32 Å². The second kappa shape index (κ2) is 8.31. The van der Waals surface area contributed by atoms with E-state index in [0.717, 1.165) is 34.0 Å². The molecular weight excluding hydrogens is 366 g/mol. The van der Waals surface area contributed by atoms with Crippen LogP contribution in [0.1, 0.15) is 12.5 Å². The number of fused-ring (bicyclic) bond motifs is 1. The van der Waals surface area contributed by atoms with Crippen LogP contribution < -0.4 is 5.32 Å². The molecule has 0 saturated heterocycles. The molecule has 1 heterocycles. The first-order valence-corrected chi connectivity index (χ1v) is 10.3. The number of para-hydroxylation sites is 3. The van der Waals surface area contributed by atoms with E-state index in [1.165, 1.54) is 17.3 Å². The van der Waals surface area contributed by atoms with Gasteiger partial charge in [0.15, 0.2) is 5.16 Å². The van der Waals surface area contributed by atoms with Crippen molar-refractivity contribution in [2.45, 2.75) is 18.5 Å². The molecule has 0 atom stereocenters. The number of benzene rings is 3. The van der Waals surface area contributed by atoms with Crippen molar-refractivity contribution in [2.24, 2.45) is 0 Å². The molecule has 1 aromatic heterocycles. The van der Waals surface area contributed by atoms with Crippen LogP contribution in [0.2, 0.25) is 0 Å². The molecule has 28 heavy (non-hydrogen) atoms. The lowest BCUT2D eigenvalue weighted by molar-refractivity contribution is -0.113. The molecule has 4 aromatic rings. The molecule has 1 N–H and O–H groups in total. The van der Waals surface area contributed by atoms with Crippen molar-refractivity contribution in [3.05, 3.63) is 84.4 Å². The highest BCUT2D eigenvalue weighted by Crippen LogP contribution is 2.28. The number of carbonyl (C=O) groups excluding carboxylic acids is 1. The quantitative estimate of drug-likeness (QED) is 0.456. The van der Waals surface area contributed by atoms with Gasteiger partial charge in [-0.25, -0.2) is 4.98 Å². The summed E-state index contributed by atoms with van der Waals surface area (Å²) in [6.07, 6.45) is 0.944. The Balaban J connectivity index is 1.55. The molecule has 4 rings (SSSR count). The predicted octanol–water partition coefficient (Wildman–Crippen LogP) is 5.32. The minimum absolute atomic E-state index is 0.0371. The number of hydrogen-bond donors (Lipinski definition) is 1. The fourth-order valence-electron chi connectivity index (χ4n) is 3.12. The van der Waals surface area contributed by atoms with Crippen LogP contribution in [0.3, 0.4) is 0 Å². The highest BCUT2D eigenvalue weighted by atomic mass is 32.2. The summed E-state index contributed by atoms with van der Waals surface area (Å²) in [7, 11) is 0. The highest BCUT2D eigenvalue weighted by Gasteiger charge is 2.14. The lowest BCUT2D eigenvalue weighted by atomic mass is 10.1. The van der Waals surface area contributed by atoms with E-state index in [-0.39, 0.29) is 5.91 Å². The molecule has 5 heteroatoms. The Bertz CT molecular complexity index is 1110. The second-order valence-electron chi connectivity index (χ2n) is 6.44. The lowest BCUT2D eigenvalue weighted by Crippen LogP contribution is -2.14. The van der Waals surface area contributed by atoms with Gasteiger partial charge in [-0.2, -0.15) is 0 Å². The second-order valence-corrected chi connectivity index (χ2v) is 7.39. The van der Waals surface area contributed by atoms with E-state index in [2.05, 4.69) is 41.1 Å². The zero-order valence-electron chi connectivity index (χ0n) is 15.6. The van der Waals surface area contributed by atoms with Gasteiger partial charge in [-0.1, -0.05) is 61.2 Å². The molecule has 3 aromatic carbocycles. The maximum atomic E-state index is 12.5. The van der Waals surface area contributed by atoms with Crippen LogP contribution >= 0.6 is 11.8 Å². The number of thioether (sulfide) groups is 1. The number of carbonyl (C=O) groups is 1. The first kappa shape index (κ1) is 18.3. The Morgan fingerprint density at radius 2 is 1.79 bits per heavy atom. The number of nitrogens with zero attached hydrogens (tertiary/aromatic N) is 2. The first-order valence-electron chi connectivity index (χ1n) is 9.29. The normalized spacial score (nSPS) is 10.9. The molecule has 0 aliphatic carbocycles. The fraction of sp³-hybridized carbons (Fsp3) is 0.130. The van der Waals surface area contributed by atoms with Crippen LogP contribution in [-0.4, -0.2) is 21.2 Å². The van der Waals surface area contributed by atoms with E-state index < -0.39 is 0 Å². The van der Waals surface area contributed by atoms with Crippen LogP contribution in [0.4, 0.5) is 5.69 Å². The van der Waals surface area contributed by atoms with Crippen molar-refractivity contribution in [2.75, 3.05) is 11.1 Å². The maximum absolute atomic E-state index is 12.5. The number of aromatic nitrogens is 2. The molecule has 140 valence electrons. The summed E-state index contributed by atoms with van der Waals surface area (Å²) in [4.78, 5) is 17.2. The van der Waals surface area contributed by atoms with Gasteiger partial charge in [0.1, 0.15) is 0 Å². The fourth-order valence-corrected chi connectivity index (χ4v) is 3.95. The standard InChI is InChI=1S/C23H21N3OS/c1-2-17-9-8-10-18(15-17)24-22(27)16-28-23-25-20-13-6-7-14-21(20)26(23)19-11-4-3-5-12-19/h3-15H,2,16H2,1H3,(H,24,27). The van der Waals surface area contributed by atoms with Gasteiger partial charge in [0.05, 0.1) is 16.8 Å². The molecule has 0 saturated carbocycles. The number of hydrogen-bond acceptors (Lipinski definition) is 3. The van der Waals surface area contributed by atoms with E-state index in [0.29, 0.717) is 5.75 Å². The van der Waals surface area contributed by atoms with Gasteiger partial charge in [-0.3, -0.25) is 9.36 Å². The Hall–Kier alpha value is -3.05. The zero-order chi connectivity index (χ0) is 19.3. The smallest absolute Gasteiger partial charge is 0.234 e. The van der Waals surface area contributed by atoms with Crippen LogP contribution in [0.5, 0.6) is 0 Å². The monoisotopic (exact) mass is 387 g/mol. The number of rotatable bonds is 6. The summed E-state index contributed by atoms with van der Waals surface area (Å²) in [5.41, 5.74) is 5.03. The van der Waals surface area contributed by atoms with Gasteiger partial charge in [-0.05, 0) is 48.4 Å². The minimum atomic E-state index is -0.0371. The SMILES string of the molecule is CCc1cccc(NC(=O)CSc2nc3ccccc3n2-c2ccccc2)c1. The molecule has 0 fully saturated rings. The van der Waals surface area contributed by atoms with Gasteiger partial charge in [-0.15, -0.1) is 0 Å². The summed E-state index contributed by atoms with van der Waals surface area (Å²) in [6, 6.07) is 26.1. The Kier molecular flexibility index (Phi) is 5.44. The molecule has 0 bridgehead atoms. The van der Waals surface area contributed by atoms with Crippen LogP contribution in [0, 0.1) is 0 Å². The molecule has 0 unspecified atom stereocenters. The summed E-state index contributed by atoms with van der Waals surface area (Å²) in [5.74, 6) is 0.261. The third-order valence-corrected chi connectivity index (χ3v) is 5.43. The molecule has 4 nitrogen and oxygen atoms in total. The Morgan fingerprint density at radius 3 is 2.61 bits per heavy atom. The Morgan fingerprint density at radius 1 is 1.00 bits per heavy atom. The van der Waals surface area contributed by atoms with Crippen molar-refractivity contribution in [3.8, 4) is 5.69 Å². The Labute approximate surface area is 168 Å². The predicted molar refractivity (Wildman–Crippen MR) is 116 cm³/mol. The number of amides is 1. The molecule has 0 spiro atoms. The zero-order valence-corrected chi connectivity index (χ0v) is 16.4. The van der Waals surface area contributed by atoms with Gasteiger partial charge in [0.2, 0.25) is 5.91 Å². The van der Waals surface area contributed by atoms with Crippen molar-refractivity contribution < 1.29 is 4.79 Å². The van der Waals surface area contributed by atoms with E-state index in [9.17, 15) is 4.79 Å². The van der Waals surface area contributed by atoms with Crippen LogP contribution in [-0.2, 0) is 11.2 Å². The first-order chi connectivity index (χ1) is 13.7. The number of nitrogens with one attached hydrogen (secondary N) is 1.